The SMILES string of the molecule is O=C(Cn1cnc(Cl)c(I)c1=O)NCC1CC1. The van der Waals surface area contributed by atoms with Crippen LogP contribution in [-0.2, 0) is 11.3 Å². The average Bonchev–Trinajstić information content (AvgIpc) is 3.11. The predicted octanol–water partition coefficient (Wildman–Crippen LogP) is 1.03. The van der Waals surface area contributed by atoms with E-state index in [0.717, 1.165) is 0 Å². The Morgan fingerprint density at radius 2 is 2.35 bits per heavy atom. The van der Waals surface area contributed by atoms with E-state index < -0.39 is 0 Å². The maximum atomic E-state index is 11.7. The summed E-state index contributed by atoms with van der Waals surface area (Å²) in [5, 5.41) is 2.96. The molecular formula is C10H11ClIN3O2. The third kappa shape index (κ3) is 3.41. The number of rotatable bonds is 4. The number of hydrogen-bond acceptors (Lipinski definition) is 3. The van der Waals surface area contributed by atoms with Crippen LogP contribution in [0.5, 0.6) is 0 Å². The van der Waals surface area contributed by atoms with Crippen molar-refractivity contribution in [1.29, 1.82) is 0 Å². The molecule has 0 spiro atoms. The van der Waals surface area contributed by atoms with E-state index in [1.807, 2.05) is 22.6 Å². The Morgan fingerprint density at radius 1 is 1.65 bits per heavy atom. The van der Waals surface area contributed by atoms with Crippen LogP contribution in [0, 0.1) is 9.49 Å². The largest absolute Gasteiger partial charge is 0.354 e. The third-order valence-corrected chi connectivity index (χ3v) is 4.12. The Bertz CT molecular complexity index is 499. The van der Waals surface area contributed by atoms with E-state index in [1.54, 1.807) is 0 Å². The van der Waals surface area contributed by atoms with Gasteiger partial charge in [0, 0.05) is 6.54 Å². The Labute approximate surface area is 117 Å². The minimum Gasteiger partial charge on any atom is -0.354 e. The molecule has 1 aromatic rings. The van der Waals surface area contributed by atoms with Gasteiger partial charge in [0.05, 0.1) is 6.33 Å². The van der Waals surface area contributed by atoms with E-state index in [2.05, 4.69) is 10.3 Å². The van der Waals surface area contributed by atoms with Crippen LogP contribution in [0.25, 0.3) is 0 Å². The first-order valence-electron chi connectivity index (χ1n) is 5.25. The zero-order valence-corrected chi connectivity index (χ0v) is 11.9. The summed E-state index contributed by atoms with van der Waals surface area (Å²) in [5.41, 5.74) is -0.285. The van der Waals surface area contributed by atoms with Crippen LogP contribution in [0.2, 0.25) is 5.15 Å². The maximum Gasteiger partial charge on any atom is 0.268 e. The summed E-state index contributed by atoms with van der Waals surface area (Å²) in [4.78, 5) is 27.1. The van der Waals surface area contributed by atoms with E-state index >= 15 is 0 Å². The van der Waals surface area contributed by atoms with Crippen molar-refractivity contribution in [3.63, 3.8) is 0 Å². The normalized spacial score (nSPS) is 14.7. The number of hydrogen-bond donors (Lipinski definition) is 1. The number of halogens is 2. The van der Waals surface area contributed by atoms with Crippen LogP contribution < -0.4 is 10.9 Å². The molecule has 2 rings (SSSR count). The molecule has 0 atom stereocenters. The second-order valence-corrected chi connectivity index (χ2v) is 5.47. The van der Waals surface area contributed by atoms with Gasteiger partial charge in [0.15, 0.2) is 0 Å². The third-order valence-electron chi connectivity index (χ3n) is 2.54. The first kappa shape index (κ1) is 12.8. The van der Waals surface area contributed by atoms with Gasteiger partial charge in [-0.3, -0.25) is 14.2 Å². The van der Waals surface area contributed by atoms with Crippen LogP contribution in [0.1, 0.15) is 12.8 Å². The molecule has 0 unspecified atom stereocenters. The number of aromatic nitrogens is 2. The predicted molar refractivity (Wildman–Crippen MR) is 72.0 cm³/mol. The Kier molecular flexibility index (Phi) is 4.03. The molecule has 1 aliphatic rings. The quantitative estimate of drug-likeness (QED) is 0.638. The molecule has 0 radical (unpaired) electrons. The van der Waals surface area contributed by atoms with E-state index in [4.69, 9.17) is 11.6 Å². The van der Waals surface area contributed by atoms with Crippen LogP contribution in [-0.4, -0.2) is 22.0 Å². The molecule has 0 saturated heterocycles. The van der Waals surface area contributed by atoms with Crippen molar-refractivity contribution < 1.29 is 4.79 Å². The fourth-order valence-corrected chi connectivity index (χ4v) is 1.92. The molecule has 17 heavy (non-hydrogen) atoms. The second kappa shape index (κ2) is 5.34. The van der Waals surface area contributed by atoms with E-state index in [-0.39, 0.29) is 23.2 Å². The summed E-state index contributed by atoms with van der Waals surface area (Å²) in [7, 11) is 0. The lowest BCUT2D eigenvalue weighted by atomic mass is 10.4. The highest BCUT2D eigenvalue weighted by Gasteiger charge is 2.21. The molecule has 1 aromatic heterocycles. The van der Waals surface area contributed by atoms with Crippen LogP contribution in [0.15, 0.2) is 11.1 Å². The molecule has 7 heteroatoms. The monoisotopic (exact) mass is 367 g/mol. The van der Waals surface area contributed by atoms with Gasteiger partial charge in [-0.1, -0.05) is 11.6 Å². The van der Waals surface area contributed by atoms with Crippen molar-refractivity contribution in [3.8, 4) is 0 Å². The molecule has 1 amide bonds. The number of nitrogens with zero attached hydrogens (tertiary/aromatic N) is 2. The molecule has 1 saturated carbocycles. The number of nitrogens with one attached hydrogen (secondary N) is 1. The highest BCUT2D eigenvalue weighted by Crippen LogP contribution is 2.27. The number of carbonyl (C=O) groups excluding carboxylic acids is 1. The first-order valence-corrected chi connectivity index (χ1v) is 6.70. The van der Waals surface area contributed by atoms with Gasteiger partial charge in [-0.2, -0.15) is 0 Å². The Balaban J connectivity index is 2.00. The molecular weight excluding hydrogens is 356 g/mol. The highest BCUT2D eigenvalue weighted by molar-refractivity contribution is 14.1. The summed E-state index contributed by atoms with van der Waals surface area (Å²) in [6.07, 6.45) is 3.66. The molecule has 92 valence electrons. The molecule has 0 aromatic carbocycles. The molecule has 1 heterocycles. The van der Waals surface area contributed by atoms with Gasteiger partial charge in [0.1, 0.15) is 15.3 Å². The summed E-state index contributed by atoms with van der Waals surface area (Å²) in [5.74, 6) is 0.457. The Morgan fingerprint density at radius 3 is 3.00 bits per heavy atom. The summed E-state index contributed by atoms with van der Waals surface area (Å²) in [6, 6.07) is 0. The number of amides is 1. The fraction of sp³-hybridized carbons (Fsp3) is 0.500. The van der Waals surface area contributed by atoms with Crippen molar-refractivity contribution >= 4 is 40.1 Å². The highest BCUT2D eigenvalue weighted by atomic mass is 127. The van der Waals surface area contributed by atoms with Gasteiger partial charge in [-0.15, -0.1) is 0 Å². The molecule has 0 bridgehead atoms. The smallest absolute Gasteiger partial charge is 0.268 e. The summed E-state index contributed by atoms with van der Waals surface area (Å²) < 4.78 is 1.59. The summed E-state index contributed by atoms with van der Waals surface area (Å²) in [6.45, 7) is 0.692. The lowest BCUT2D eigenvalue weighted by Gasteiger charge is -2.07. The number of carbonyl (C=O) groups is 1. The average molecular weight is 368 g/mol. The molecule has 1 fully saturated rings. The molecule has 0 aliphatic heterocycles. The zero-order chi connectivity index (χ0) is 12.4. The van der Waals surface area contributed by atoms with E-state index in [9.17, 15) is 9.59 Å². The van der Waals surface area contributed by atoms with Gasteiger partial charge in [0.25, 0.3) is 5.56 Å². The van der Waals surface area contributed by atoms with Crippen LogP contribution >= 0.6 is 34.2 Å². The van der Waals surface area contributed by atoms with Gasteiger partial charge in [-0.25, -0.2) is 4.98 Å². The second-order valence-electron chi connectivity index (χ2n) is 4.03. The van der Waals surface area contributed by atoms with Crippen LogP contribution in [0.4, 0.5) is 0 Å². The molecule has 1 N–H and O–H groups in total. The zero-order valence-electron chi connectivity index (χ0n) is 8.95. The van der Waals surface area contributed by atoms with Gasteiger partial charge in [0.2, 0.25) is 5.91 Å². The summed E-state index contributed by atoms with van der Waals surface area (Å²) >= 11 is 7.52. The van der Waals surface area contributed by atoms with E-state index in [1.165, 1.54) is 23.7 Å². The Hall–Kier alpha value is -0.630. The van der Waals surface area contributed by atoms with Crippen molar-refractivity contribution in [2.24, 2.45) is 5.92 Å². The minimum atomic E-state index is -0.285. The first-order chi connectivity index (χ1) is 8.08. The van der Waals surface area contributed by atoms with E-state index in [0.29, 0.717) is 16.0 Å². The van der Waals surface area contributed by atoms with Crippen molar-refractivity contribution in [3.05, 3.63) is 25.4 Å². The molecule has 1 aliphatic carbocycles. The van der Waals surface area contributed by atoms with Crippen molar-refractivity contribution in [1.82, 2.24) is 14.9 Å². The van der Waals surface area contributed by atoms with Crippen molar-refractivity contribution in [2.45, 2.75) is 19.4 Å². The topological polar surface area (TPSA) is 64.0 Å². The molecule has 5 nitrogen and oxygen atoms in total. The van der Waals surface area contributed by atoms with Gasteiger partial charge >= 0.3 is 0 Å². The van der Waals surface area contributed by atoms with Gasteiger partial charge < -0.3 is 5.32 Å². The van der Waals surface area contributed by atoms with Crippen LogP contribution in [0.3, 0.4) is 0 Å². The van der Waals surface area contributed by atoms with Gasteiger partial charge in [-0.05, 0) is 41.4 Å². The lowest BCUT2D eigenvalue weighted by Crippen LogP contribution is -2.34. The minimum absolute atomic E-state index is 0.00821. The van der Waals surface area contributed by atoms with Crippen molar-refractivity contribution in [2.75, 3.05) is 6.54 Å². The fourth-order valence-electron chi connectivity index (χ4n) is 1.35. The standard InChI is InChI=1S/C10H11ClIN3O2/c11-9-8(12)10(17)15(5-14-9)4-7(16)13-3-6-1-2-6/h5-6H,1-4H2,(H,13,16). The lowest BCUT2D eigenvalue weighted by molar-refractivity contribution is -0.121. The maximum absolute atomic E-state index is 11.7.